The molecule has 102 valence electrons. The third-order valence-electron chi connectivity index (χ3n) is 4.07. The molecule has 0 aliphatic heterocycles. The van der Waals surface area contributed by atoms with Crippen molar-refractivity contribution in [1.82, 2.24) is 5.32 Å². The van der Waals surface area contributed by atoms with Crippen molar-refractivity contribution in [2.75, 3.05) is 6.54 Å². The van der Waals surface area contributed by atoms with Crippen LogP contribution in [0.3, 0.4) is 0 Å². The predicted octanol–water partition coefficient (Wildman–Crippen LogP) is 4.31. The van der Waals surface area contributed by atoms with Crippen LogP contribution in [0.1, 0.15) is 57.1 Å². The molecule has 1 atom stereocenters. The molecule has 1 nitrogen and oxygen atoms in total. The maximum absolute atomic E-state index is 3.74. The van der Waals surface area contributed by atoms with Crippen molar-refractivity contribution in [3.63, 3.8) is 0 Å². The highest BCUT2D eigenvalue weighted by atomic mass is 14.9. The summed E-state index contributed by atoms with van der Waals surface area (Å²) in [7, 11) is 0. The second-order valence-corrected chi connectivity index (χ2v) is 5.42. The van der Waals surface area contributed by atoms with E-state index in [0.717, 1.165) is 18.9 Å². The number of rotatable bonds is 5. The molecule has 0 aromatic heterocycles. The zero-order chi connectivity index (χ0) is 13.3. The Morgan fingerprint density at radius 1 is 1.16 bits per heavy atom. The minimum absolute atomic E-state index is 0.514. The lowest BCUT2D eigenvalue weighted by Gasteiger charge is -2.31. The Bertz CT molecular complexity index is 406. The van der Waals surface area contributed by atoms with E-state index in [-0.39, 0.29) is 0 Å². The second-order valence-electron chi connectivity index (χ2n) is 5.42. The van der Waals surface area contributed by atoms with Crippen LogP contribution in [0.5, 0.6) is 0 Å². The molecule has 1 N–H and O–H groups in total. The average molecular weight is 255 g/mol. The van der Waals surface area contributed by atoms with E-state index in [0.29, 0.717) is 6.04 Å². The zero-order valence-electron chi connectivity index (χ0n) is 12.0. The van der Waals surface area contributed by atoms with Gasteiger partial charge in [0, 0.05) is 19.0 Å². The van der Waals surface area contributed by atoms with Crippen LogP contribution >= 0.6 is 0 Å². The highest BCUT2D eigenvalue weighted by molar-refractivity contribution is 5.20. The van der Waals surface area contributed by atoms with Crippen molar-refractivity contribution in [2.24, 2.45) is 5.92 Å². The Kier molecular flexibility index (Phi) is 5.98. The first kappa shape index (κ1) is 14.2. The fourth-order valence-electron chi connectivity index (χ4n) is 3.10. The van der Waals surface area contributed by atoms with Crippen LogP contribution in [0.15, 0.2) is 30.3 Å². The van der Waals surface area contributed by atoms with Crippen LogP contribution < -0.4 is 5.32 Å². The smallest absolute Gasteiger partial charge is 0.0349 e. The molecule has 19 heavy (non-hydrogen) atoms. The van der Waals surface area contributed by atoms with Crippen molar-refractivity contribution < 1.29 is 0 Å². The van der Waals surface area contributed by atoms with Gasteiger partial charge in [-0.25, -0.2) is 0 Å². The fourth-order valence-corrected chi connectivity index (χ4v) is 3.10. The molecule has 1 aliphatic rings. The van der Waals surface area contributed by atoms with Crippen LogP contribution in [0.25, 0.3) is 0 Å². The summed E-state index contributed by atoms with van der Waals surface area (Å²) in [4.78, 5) is 0. The summed E-state index contributed by atoms with van der Waals surface area (Å²) < 4.78 is 0. The second kappa shape index (κ2) is 8.02. The van der Waals surface area contributed by atoms with Crippen LogP contribution in [0, 0.1) is 17.8 Å². The molecule has 0 spiro atoms. The van der Waals surface area contributed by atoms with Gasteiger partial charge in [0.1, 0.15) is 0 Å². The standard InChI is InChI=1S/C18H25N/c1-2-3-10-15-19-18(16-11-6-4-7-12-16)17-13-8-5-9-14-17/h4,6-7,11-12,17-19H,5,8-10,13-15H2,1H3. The van der Waals surface area contributed by atoms with Crippen LogP contribution in [-0.2, 0) is 0 Å². The van der Waals surface area contributed by atoms with E-state index in [1.807, 2.05) is 6.92 Å². The van der Waals surface area contributed by atoms with E-state index < -0.39 is 0 Å². The normalized spacial score (nSPS) is 17.5. The first-order valence-corrected chi connectivity index (χ1v) is 7.59. The molecular formula is C18H25N. The lowest BCUT2D eigenvalue weighted by atomic mass is 9.81. The molecule has 1 saturated carbocycles. The maximum Gasteiger partial charge on any atom is 0.0349 e. The van der Waals surface area contributed by atoms with E-state index >= 15 is 0 Å². The van der Waals surface area contributed by atoms with Gasteiger partial charge in [0.15, 0.2) is 0 Å². The van der Waals surface area contributed by atoms with Crippen LogP contribution in [-0.4, -0.2) is 6.54 Å². The molecule has 0 bridgehead atoms. The monoisotopic (exact) mass is 255 g/mol. The molecule has 1 unspecified atom stereocenters. The van der Waals surface area contributed by atoms with E-state index in [4.69, 9.17) is 0 Å². The van der Waals surface area contributed by atoms with E-state index in [1.165, 1.54) is 37.7 Å². The molecule has 1 aromatic rings. The quantitative estimate of drug-likeness (QED) is 0.610. The van der Waals surface area contributed by atoms with Crippen molar-refractivity contribution in [3.05, 3.63) is 35.9 Å². The summed E-state index contributed by atoms with van der Waals surface area (Å²) in [5.41, 5.74) is 1.44. The summed E-state index contributed by atoms with van der Waals surface area (Å²) in [6.07, 6.45) is 7.89. The zero-order valence-corrected chi connectivity index (χ0v) is 12.0. The maximum atomic E-state index is 3.74. The van der Waals surface area contributed by atoms with Gasteiger partial charge in [-0.15, -0.1) is 11.8 Å². The third kappa shape index (κ3) is 4.40. The van der Waals surface area contributed by atoms with Gasteiger partial charge in [-0.1, -0.05) is 49.6 Å². The van der Waals surface area contributed by atoms with Gasteiger partial charge < -0.3 is 5.32 Å². The Morgan fingerprint density at radius 2 is 1.89 bits per heavy atom. The average Bonchev–Trinajstić information content (AvgIpc) is 2.49. The Balaban J connectivity index is 2.01. The highest BCUT2D eigenvalue weighted by Gasteiger charge is 2.24. The fraction of sp³-hybridized carbons (Fsp3) is 0.556. The largest absolute Gasteiger partial charge is 0.309 e. The van der Waals surface area contributed by atoms with Crippen LogP contribution in [0.2, 0.25) is 0 Å². The Hall–Kier alpha value is -1.26. The molecule has 0 saturated heterocycles. The van der Waals surface area contributed by atoms with E-state index in [9.17, 15) is 0 Å². The number of hydrogen-bond donors (Lipinski definition) is 1. The van der Waals surface area contributed by atoms with Gasteiger partial charge in [-0.3, -0.25) is 0 Å². The van der Waals surface area contributed by atoms with E-state index in [2.05, 4.69) is 47.5 Å². The van der Waals surface area contributed by atoms with E-state index in [1.54, 1.807) is 0 Å². The summed E-state index contributed by atoms with van der Waals surface area (Å²) >= 11 is 0. The Labute approximate surface area is 117 Å². The summed E-state index contributed by atoms with van der Waals surface area (Å²) in [5.74, 6) is 6.91. The van der Waals surface area contributed by atoms with Crippen molar-refractivity contribution in [3.8, 4) is 11.8 Å². The van der Waals surface area contributed by atoms with Gasteiger partial charge in [-0.05, 0) is 31.2 Å². The third-order valence-corrected chi connectivity index (χ3v) is 4.07. The molecular weight excluding hydrogens is 230 g/mol. The highest BCUT2D eigenvalue weighted by Crippen LogP contribution is 2.34. The van der Waals surface area contributed by atoms with Gasteiger partial charge in [0.25, 0.3) is 0 Å². The van der Waals surface area contributed by atoms with Crippen molar-refractivity contribution in [1.29, 1.82) is 0 Å². The first-order valence-electron chi connectivity index (χ1n) is 7.59. The molecule has 1 aliphatic carbocycles. The molecule has 1 heteroatoms. The molecule has 0 amide bonds. The molecule has 2 rings (SSSR count). The minimum atomic E-state index is 0.514. The molecule has 1 fully saturated rings. The SMILES string of the molecule is CC#CCCNC(c1ccccc1)C1CCCCC1. The number of hydrogen-bond acceptors (Lipinski definition) is 1. The molecule has 0 heterocycles. The molecule has 0 radical (unpaired) electrons. The van der Waals surface area contributed by atoms with Crippen molar-refractivity contribution in [2.45, 2.75) is 51.5 Å². The van der Waals surface area contributed by atoms with Crippen LogP contribution in [0.4, 0.5) is 0 Å². The van der Waals surface area contributed by atoms with Gasteiger partial charge in [0.2, 0.25) is 0 Å². The first-order chi connectivity index (χ1) is 9.42. The summed E-state index contributed by atoms with van der Waals surface area (Å²) in [5, 5.41) is 3.74. The van der Waals surface area contributed by atoms with Gasteiger partial charge in [0.05, 0.1) is 0 Å². The number of benzene rings is 1. The topological polar surface area (TPSA) is 12.0 Å². The lowest BCUT2D eigenvalue weighted by molar-refractivity contribution is 0.273. The minimum Gasteiger partial charge on any atom is -0.309 e. The predicted molar refractivity (Wildman–Crippen MR) is 81.8 cm³/mol. The lowest BCUT2D eigenvalue weighted by Crippen LogP contribution is -2.30. The van der Waals surface area contributed by atoms with Gasteiger partial charge in [-0.2, -0.15) is 0 Å². The summed E-state index contributed by atoms with van der Waals surface area (Å²) in [6.45, 7) is 2.91. The number of nitrogens with one attached hydrogen (secondary N) is 1. The Morgan fingerprint density at radius 3 is 2.58 bits per heavy atom. The van der Waals surface area contributed by atoms with Crippen molar-refractivity contribution >= 4 is 0 Å². The van der Waals surface area contributed by atoms with Gasteiger partial charge >= 0.3 is 0 Å². The summed E-state index contributed by atoms with van der Waals surface area (Å²) in [6, 6.07) is 11.4. The molecule has 1 aromatic carbocycles.